The fourth-order valence-corrected chi connectivity index (χ4v) is 2.12. The average Bonchev–Trinajstić information content (AvgIpc) is 2.45. The summed E-state index contributed by atoms with van der Waals surface area (Å²) < 4.78 is 18.3. The highest BCUT2D eigenvalue weighted by molar-refractivity contribution is 5.94. The fourth-order valence-electron chi connectivity index (χ4n) is 2.12. The van der Waals surface area contributed by atoms with Crippen LogP contribution in [0.5, 0.6) is 0 Å². The van der Waals surface area contributed by atoms with E-state index in [1.165, 1.54) is 18.2 Å². The maximum atomic E-state index is 13.0. The minimum Gasteiger partial charge on any atom is -0.379 e. The Kier molecular flexibility index (Phi) is 4.87. The van der Waals surface area contributed by atoms with Gasteiger partial charge < -0.3 is 10.1 Å². The van der Waals surface area contributed by atoms with Crippen LogP contribution in [0, 0.1) is 5.82 Å². The van der Waals surface area contributed by atoms with Crippen molar-refractivity contribution < 1.29 is 13.9 Å². The van der Waals surface area contributed by atoms with Crippen molar-refractivity contribution in [2.75, 3.05) is 32.8 Å². The molecule has 1 amide bonds. The molecule has 1 aliphatic heterocycles. The van der Waals surface area contributed by atoms with Gasteiger partial charge >= 0.3 is 0 Å². The maximum Gasteiger partial charge on any atom is 0.251 e. The minimum atomic E-state index is -0.395. The first-order valence-electron chi connectivity index (χ1n) is 6.52. The first kappa shape index (κ1) is 14.0. The van der Waals surface area contributed by atoms with E-state index in [0.29, 0.717) is 12.1 Å². The predicted molar refractivity (Wildman–Crippen MR) is 70.6 cm³/mol. The van der Waals surface area contributed by atoms with Crippen molar-refractivity contribution in [3.63, 3.8) is 0 Å². The third kappa shape index (κ3) is 4.01. The van der Waals surface area contributed by atoms with Crippen molar-refractivity contribution in [1.82, 2.24) is 10.2 Å². The van der Waals surface area contributed by atoms with Gasteiger partial charge in [0.15, 0.2) is 0 Å². The number of halogens is 1. The summed E-state index contributed by atoms with van der Waals surface area (Å²) in [5.41, 5.74) is 0.356. The van der Waals surface area contributed by atoms with E-state index in [9.17, 15) is 9.18 Å². The van der Waals surface area contributed by atoms with Crippen molar-refractivity contribution >= 4 is 5.91 Å². The highest BCUT2D eigenvalue weighted by Gasteiger charge is 2.17. The summed E-state index contributed by atoms with van der Waals surface area (Å²) in [6.07, 6.45) is 0. The van der Waals surface area contributed by atoms with Crippen LogP contribution in [0.3, 0.4) is 0 Å². The van der Waals surface area contributed by atoms with Gasteiger partial charge in [-0.3, -0.25) is 9.69 Å². The number of carbonyl (C=O) groups is 1. The molecule has 1 atom stereocenters. The van der Waals surface area contributed by atoms with Crippen molar-refractivity contribution in [2.24, 2.45) is 0 Å². The number of ether oxygens (including phenoxy) is 1. The SMILES string of the molecule is CC(CNC(=O)c1cccc(F)c1)N1CCOCC1. The molecule has 2 rings (SSSR count). The molecule has 19 heavy (non-hydrogen) atoms. The normalized spacial score (nSPS) is 18.0. The van der Waals surface area contributed by atoms with Gasteiger partial charge in [0, 0.05) is 31.2 Å². The second-order valence-corrected chi connectivity index (χ2v) is 4.72. The summed E-state index contributed by atoms with van der Waals surface area (Å²) in [6.45, 7) is 5.87. The van der Waals surface area contributed by atoms with E-state index >= 15 is 0 Å². The number of benzene rings is 1. The van der Waals surface area contributed by atoms with Gasteiger partial charge in [0.2, 0.25) is 0 Å². The predicted octanol–water partition coefficient (Wildman–Crippen LogP) is 1.28. The molecule has 0 saturated carbocycles. The van der Waals surface area contributed by atoms with Gasteiger partial charge in [0.1, 0.15) is 5.82 Å². The Morgan fingerprint density at radius 2 is 2.21 bits per heavy atom. The van der Waals surface area contributed by atoms with E-state index < -0.39 is 5.82 Å². The molecule has 0 spiro atoms. The Labute approximate surface area is 112 Å². The van der Waals surface area contributed by atoms with Crippen molar-refractivity contribution in [3.05, 3.63) is 35.6 Å². The Bertz CT molecular complexity index is 433. The first-order valence-corrected chi connectivity index (χ1v) is 6.52. The molecule has 0 aromatic heterocycles. The zero-order valence-electron chi connectivity index (χ0n) is 11.1. The molecular weight excluding hydrogens is 247 g/mol. The lowest BCUT2D eigenvalue weighted by atomic mass is 10.2. The number of morpholine rings is 1. The molecule has 0 bridgehead atoms. The topological polar surface area (TPSA) is 41.6 Å². The Balaban J connectivity index is 1.82. The standard InChI is InChI=1S/C14H19FN2O2/c1-11(17-5-7-19-8-6-17)10-16-14(18)12-3-2-4-13(15)9-12/h2-4,9,11H,5-8,10H2,1H3,(H,16,18). The van der Waals surface area contributed by atoms with E-state index in [1.54, 1.807) is 6.07 Å². The molecule has 0 radical (unpaired) electrons. The number of carbonyl (C=O) groups excluding carboxylic acids is 1. The van der Waals surface area contributed by atoms with Gasteiger partial charge in [-0.05, 0) is 25.1 Å². The average molecular weight is 266 g/mol. The number of nitrogens with zero attached hydrogens (tertiary/aromatic N) is 1. The lowest BCUT2D eigenvalue weighted by Gasteiger charge is -2.32. The van der Waals surface area contributed by atoms with E-state index in [0.717, 1.165) is 26.3 Å². The highest BCUT2D eigenvalue weighted by atomic mass is 19.1. The van der Waals surface area contributed by atoms with Gasteiger partial charge in [0.25, 0.3) is 5.91 Å². The molecule has 0 aliphatic carbocycles. The number of hydrogen-bond donors (Lipinski definition) is 1. The summed E-state index contributed by atoms with van der Waals surface area (Å²) in [7, 11) is 0. The zero-order valence-corrected chi connectivity index (χ0v) is 11.1. The molecule has 1 fully saturated rings. The van der Waals surface area contributed by atoms with Crippen LogP contribution >= 0.6 is 0 Å². The maximum absolute atomic E-state index is 13.0. The van der Waals surface area contributed by atoms with Crippen LogP contribution in [0.25, 0.3) is 0 Å². The summed E-state index contributed by atoms with van der Waals surface area (Å²) in [5.74, 6) is -0.631. The van der Waals surface area contributed by atoms with Crippen LogP contribution in [-0.4, -0.2) is 49.7 Å². The lowest BCUT2D eigenvalue weighted by molar-refractivity contribution is 0.0204. The molecule has 4 nitrogen and oxygen atoms in total. The van der Waals surface area contributed by atoms with Crippen molar-refractivity contribution in [1.29, 1.82) is 0 Å². The zero-order chi connectivity index (χ0) is 13.7. The smallest absolute Gasteiger partial charge is 0.251 e. The molecule has 1 aliphatic rings. The number of hydrogen-bond acceptors (Lipinski definition) is 3. The van der Waals surface area contributed by atoms with Gasteiger partial charge in [-0.1, -0.05) is 6.07 Å². The molecule has 1 N–H and O–H groups in total. The highest BCUT2D eigenvalue weighted by Crippen LogP contribution is 2.05. The molecule has 1 heterocycles. The van der Waals surface area contributed by atoms with Crippen LogP contribution in [0.4, 0.5) is 4.39 Å². The van der Waals surface area contributed by atoms with Gasteiger partial charge in [0.05, 0.1) is 13.2 Å². The van der Waals surface area contributed by atoms with E-state index in [-0.39, 0.29) is 11.9 Å². The number of amides is 1. The second kappa shape index (κ2) is 6.63. The second-order valence-electron chi connectivity index (χ2n) is 4.72. The van der Waals surface area contributed by atoms with Crippen LogP contribution in [0.1, 0.15) is 17.3 Å². The summed E-state index contributed by atoms with van der Waals surface area (Å²) in [4.78, 5) is 14.1. The van der Waals surface area contributed by atoms with Crippen molar-refractivity contribution in [3.8, 4) is 0 Å². The number of nitrogens with one attached hydrogen (secondary N) is 1. The van der Waals surface area contributed by atoms with Gasteiger partial charge in [-0.15, -0.1) is 0 Å². The molecular formula is C14H19FN2O2. The van der Waals surface area contributed by atoms with E-state index in [2.05, 4.69) is 17.1 Å². The van der Waals surface area contributed by atoms with Crippen LogP contribution < -0.4 is 5.32 Å². The molecule has 1 aromatic carbocycles. The third-order valence-electron chi connectivity index (χ3n) is 3.31. The lowest BCUT2D eigenvalue weighted by Crippen LogP contribution is -2.47. The fraction of sp³-hybridized carbons (Fsp3) is 0.500. The monoisotopic (exact) mass is 266 g/mol. The Morgan fingerprint density at radius 3 is 2.89 bits per heavy atom. The van der Waals surface area contributed by atoms with Gasteiger partial charge in [-0.2, -0.15) is 0 Å². The van der Waals surface area contributed by atoms with E-state index in [4.69, 9.17) is 4.74 Å². The molecule has 104 valence electrons. The molecule has 1 saturated heterocycles. The molecule has 1 aromatic rings. The minimum absolute atomic E-state index is 0.236. The summed E-state index contributed by atoms with van der Waals surface area (Å²) >= 11 is 0. The van der Waals surface area contributed by atoms with Crippen molar-refractivity contribution in [2.45, 2.75) is 13.0 Å². The Hall–Kier alpha value is -1.46. The summed E-state index contributed by atoms with van der Waals surface area (Å²) in [5, 5.41) is 2.84. The molecule has 1 unspecified atom stereocenters. The van der Waals surface area contributed by atoms with Gasteiger partial charge in [-0.25, -0.2) is 4.39 Å². The van der Waals surface area contributed by atoms with Crippen LogP contribution in [0.2, 0.25) is 0 Å². The molecule has 5 heteroatoms. The third-order valence-corrected chi connectivity index (χ3v) is 3.31. The van der Waals surface area contributed by atoms with Crippen LogP contribution in [-0.2, 0) is 4.74 Å². The largest absolute Gasteiger partial charge is 0.379 e. The quantitative estimate of drug-likeness (QED) is 0.892. The summed E-state index contributed by atoms with van der Waals surface area (Å²) in [6, 6.07) is 5.97. The van der Waals surface area contributed by atoms with Crippen LogP contribution in [0.15, 0.2) is 24.3 Å². The Morgan fingerprint density at radius 1 is 1.47 bits per heavy atom. The van der Waals surface area contributed by atoms with E-state index in [1.807, 2.05) is 0 Å². The first-order chi connectivity index (χ1) is 9.16. The number of rotatable bonds is 4.